The van der Waals surface area contributed by atoms with Crippen molar-refractivity contribution in [1.82, 2.24) is 15.5 Å². The van der Waals surface area contributed by atoms with Gasteiger partial charge in [-0.2, -0.15) is 0 Å². The first kappa shape index (κ1) is 39.0. The standard InChI is InChI=1S/C44H53N3O7/c1-30(49)45-20-6-4-5-10-43(50)46-26-32-8-7-9-36(22-32)33-15-17-35(18-16-33)44-53-39(25-40(54-44)34-13-11-31(29-48)12-14-34)28-47-21-19-37-23-41(51-2)42(52-3)24-38(37)27-47/h7-9,11-18,22-24,39-40,44,48H,4-6,10,19-21,25-29H2,1-3H3,(H,45,49)(H,46,50). The van der Waals surface area contributed by atoms with Gasteiger partial charge in [-0.1, -0.05) is 73.2 Å². The summed E-state index contributed by atoms with van der Waals surface area (Å²) in [4.78, 5) is 25.9. The normalized spacial score (nSPS) is 18.4. The van der Waals surface area contributed by atoms with Gasteiger partial charge in [0.15, 0.2) is 17.8 Å². The molecule has 0 saturated carbocycles. The topological polar surface area (TPSA) is 119 Å². The fourth-order valence-electron chi connectivity index (χ4n) is 7.25. The number of amides is 2. The third-order valence-electron chi connectivity index (χ3n) is 10.3. The SMILES string of the molecule is COc1cc2c(cc1OC)CN(CC1CC(c3ccc(CO)cc3)OC(c3ccc(-c4cccc(CNC(=O)CCCCCNC(C)=O)c4)cc3)O1)CC2. The zero-order valence-corrected chi connectivity index (χ0v) is 31.6. The summed E-state index contributed by atoms with van der Waals surface area (Å²) in [5.74, 6) is 1.51. The molecule has 3 unspecified atom stereocenters. The third kappa shape index (κ3) is 10.5. The number of unbranched alkanes of at least 4 members (excludes halogenated alkanes) is 2. The first-order chi connectivity index (χ1) is 26.3. The maximum Gasteiger partial charge on any atom is 0.220 e. The first-order valence-corrected chi connectivity index (χ1v) is 19.0. The molecular weight excluding hydrogens is 682 g/mol. The number of nitrogens with zero attached hydrogens (tertiary/aromatic N) is 1. The summed E-state index contributed by atoms with van der Waals surface area (Å²) in [6, 6.07) is 28.8. The van der Waals surface area contributed by atoms with Gasteiger partial charge in [-0.25, -0.2) is 0 Å². The third-order valence-corrected chi connectivity index (χ3v) is 10.3. The largest absolute Gasteiger partial charge is 0.493 e. The number of aliphatic hydroxyl groups is 1. The van der Waals surface area contributed by atoms with E-state index in [9.17, 15) is 14.7 Å². The average molecular weight is 736 g/mol. The van der Waals surface area contributed by atoms with Crippen LogP contribution in [0.15, 0.2) is 84.9 Å². The van der Waals surface area contributed by atoms with Gasteiger partial charge < -0.3 is 34.7 Å². The van der Waals surface area contributed by atoms with Gasteiger partial charge in [-0.15, -0.1) is 0 Å². The first-order valence-electron chi connectivity index (χ1n) is 19.0. The average Bonchev–Trinajstić information content (AvgIpc) is 3.20. The number of aliphatic hydroxyl groups excluding tert-OH is 1. The van der Waals surface area contributed by atoms with Crippen molar-refractivity contribution in [1.29, 1.82) is 0 Å². The van der Waals surface area contributed by atoms with E-state index < -0.39 is 6.29 Å². The van der Waals surface area contributed by atoms with Gasteiger partial charge in [0, 0.05) is 58.1 Å². The van der Waals surface area contributed by atoms with Crippen LogP contribution >= 0.6 is 0 Å². The second kappa shape index (κ2) is 19.0. The Labute approximate surface area is 318 Å². The van der Waals surface area contributed by atoms with E-state index in [1.807, 2.05) is 36.4 Å². The van der Waals surface area contributed by atoms with Crippen LogP contribution in [0.4, 0.5) is 0 Å². The van der Waals surface area contributed by atoms with Crippen molar-refractivity contribution in [2.75, 3.05) is 33.9 Å². The molecule has 2 aliphatic rings. The van der Waals surface area contributed by atoms with E-state index in [4.69, 9.17) is 18.9 Å². The molecular formula is C44H53N3O7. The molecule has 0 aromatic heterocycles. The Morgan fingerprint density at radius 1 is 0.815 bits per heavy atom. The molecule has 0 bridgehead atoms. The van der Waals surface area contributed by atoms with Crippen molar-refractivity contribution >= 4 is 11.8 Å². The van der Waals surface area contributed by atoms with Crippen LogP contribution in [0.2, 0.25) is 0 Å². The van der Waals surface area contributed by atoms with Crippen LogP contribution in [0.3, 0.4) is 0 Å². The summed E-state index contributed by atoms with van der Waals surface area (Å²) >= 11 is 0. The number of rotatable bonds is 16. The Bertz CT molecular complexity index is 1850. The molecule has 3 N–H and O–H groups in total. The molecule has 4 aromatic rings. The van der Waals surface area contributed by atoms with Crippen molar-refractivity contribution < 1.29 is 33.6 Å². The summed E-state index contributed by atoms with van der Waals surface area (Å²) in [5, 5.41) is 15.4. The number of carbonyl (C=O) groups is 2. The van der Waals surface area contributed by atoms with E-state index in [0.29, 0.717) is 25.9 Å². The lowest BCUT2D eigenvalue weighted by Gasteiger charge is -2.39. The minimum absolute atomic E-state index is 0.000185. The van der Waals surface area contributed by atoms with E-state index in [1.54, 1.807) is 14.2 Å². The van der Waals surface area contributed by atoms with Crippen molar-refractivity contribution in [3.8, 4) is 22.6 Å². The Morgan fingerprint density at radius 2 is 1.56 bits per heavy atom. The molecule has 1 fully saturated rings. The van der Waals surface area contributed by atoms with Gasteiger partial charge in [0.2, 0.25) is 11.8 Å². The smallest absolute Gasteiger partial charge is 0.220 e. The molecule has 4 aromatic carbocycles. The fraction of sp³-hybridized carbons (Fsp3) is 0.409. The summed E-state index contributed by atoms with van der Waals surface area (Å²) in [6.45, 7) is 5.11. The highest BCUT2D eigenvalue weighted by atomic mass is 16.7. The number of benzene rings is 4. The predicted molar refractivity (Wildman–Crippen MR) is 208 cm³/mol. The van der Waals surface area contributed by atoms with Crippen LogP contribution in [-0.2, 0) is 45.2 Å². The van der Waals surface area contributed by atoms with Crippen molar-refractivity contribution in [2.45, 2.75) is 83.6 Å². The van der Waals surface area contributed by atoms with Gasteiger partial charge in [-0.05, 0) is 76.4 Å². The van der Waals surface area contributed by atoms with Crippen molar-refractivity contribution in [3.05, 3.63) is 118 Å². The summed E-state index contributed by atoms with van der Waals surface area (Å²) in [6.07, 6.45) is 3.88. The van der Waals surface area contributed by atoms with Crippen molar-refractivity contribution in [2.24, 2.45) is 0 Å². The van der Waals surface area contributed by atoms with Crippen LogP contribution in [0.25, 0.3) is 11.1 Å². The molecule has 2 amide bonds. The molecule has 286 valence electrons. The lowest BCUT2D eigenvalue weighted by molar-refractivity contribution is -0.253. The molecule has 0 radical (unpaired) electrons. The van der Waals surface area contributed by atoms with Crippen LogP contribution in [0.1, 0.15) is 84.8 Å². The van der Waals surface area contributed by atoms with Gasteiger partial charge >= 0.3 is 0 Å². The molecule has 6 rings (SSSR count). The van der Waals surface area contributed by atoms with Gasteiger partial charge in [0.25, 0.3) is 0 Å². The quantitative estimate of drug-likeness (QED) is 0.108. The Kier molecular flexibility index (Phi) is 13.7. The van der Waals surface area contributed by atoms with Gasteiger partial charge in [0.1, 0.15) is 0 Å². The highest BCUT2D eigenvalue weighted by Gasteiger charge is 2.34. The number of hydrogen-bond acceptors (Lipinski definition) is 8. The Balaban J connectivity index is 1.10. The minimum atomic E-state index is -0.548. The van der Waals surface area contributed by atoms with E-state index in [2.05, 4.69) is 64.1 Å². The number of ether oxygens (including phenoxy) is 4. The predicted octanol–water partition coefficient (Wildman–Crippen LogP) is 6.78. The highest BCUT2D eigenvalue weighted by Crippen LogP contribution is 2.40. The molecule has 10 heteroatoms. The number of hydrogen-bond donors (Lipinski definition) is 3. The Hall–Kier alpha value is -4.74. The van der Waals surface area contributed by atoms with Crippen LogP contribution in [-0.4, -0.2) is 61.8 Å². The van der Waals surface area contributed by atoms with E-state index in [0.717, 1.165) is 90.2 Å². The number of methoxy groups -OCH3 is 2. The zero-order chi connectivity index (χ0) is 37.9. The van der Waals surface area contributed by atoms with Crippen LogP contribution in [0, 0.1) is 0 Å². The van der Waals surface area contributed by atoms with Gasteiger partial charge in [0.05, 0.1) is 33.0 Å². The number of carbonyl (C=O) groups excluding carboxylic acids is 2. The monoisotopic (exact) mass is 735 g/mol. The number of fused-ring (bicyclic) bond motifs is 1. The maximum absolute atomic E-state index is 12.4. The van der Waals surface area contributed by atoms with Crippen LogP contribution in [0.5, 0.6) is 11.5 Å². The zero-order valence-electron chi connectivity index (χ0n) is 31.6. The van der Waals surface area contributed by atoms with E-state index >= 15 is 0 Å². The number of nitrogens with one attached hydrogen (secondary N) is 2. The molecule has 0 spiro atoms. The highest BCUT2D eigenvalue weighted by molar-refractivity contribution is 5.76. The summed E-state index contributed by atoms with van der Waals surface area (Å²) in [5.41, 5.74) is 8.57. The molecule has 10 nitrogen and oxygen atoms in total. The molecule has 1 saturated heterocycles. The fourth-order valence-corrected chi connectivity index (χ4v) is 7.25. The summed E-state index contributed by atoms with van der Waals surface area (Å²) < 4.78 is 24.5. The van der Waals surface area contributed by atoms with Gasteiger partial charge in [-0.3, -0.25) is 14.5 Å². The molecule has 54 heavy (non-hydrogen) atoms. The van der Waals surface area contributed by atoms with Crippen molar-refractivity contribution in [3.63, 3.8) is 0 Å². The van der Waals surface area contributed by atoms with Crippen LogP contribution < -0.4 is 20.1 Å². The Morgan fingerprint density at radius 3 is 2.28 bits per heavy atom. The molecule has 0 aliphatic carbocycles. The second-order valence-corrected chi connectivity index (χ2v) is 14.2. The van der Waals surface area contributed by atoms with E-state index in [-0.39, 0.29) is 30.6 Å². The lowest BCUT2D eigenvalue weighted by atomic mass is 9.96. The van der Waals surface area contributed by atoms with E-state index in [1.165, 1.54) is 18.1 Å². The minimum Gasteiger partial charge on any atom is -0.493 e. The second-order valence-electron chi connectivity index (χ2n) is 14.2. The lowest BCUT2D eigenvalue weighted by Crippen LogP contribution is -2.41. The molecule has 2 heterocycles. The maximum atomic E-state index is 12.4. The summed E-state index contributed by atoms with van der Waals surface area (Å²) in [7, 11) is 3.34. The molecule has 3 atom stereocenters. The molecule has 2 aliphatic heterocycles.